The third-order valence-corrected chi connectivity index (χ3v) is 5.18. The maximum absolute atomic E-state index is 4.64. The molecule has 0 aliphatic rings. The Balaban J connectivity index is 1.75. The molecule has 0 aliphatic carbocycles. The lowest BCUT2D eigenvalue weighted by Crippen LogP contribution is -2.23. The fourth-order valence-electron chi connectivity index (χ4n) is 3.00. The van der Waals surface area contributed by atoms with Gasteiger partial charge in [-0.15, -0.1) is 11.3 Å². The second kappa shape index (κ2) is 7.03. The van der Waals surface area contributed by atoms with E-state index in [1.807, 2.05) is 0 Å². The minimum Gasteiger partial charge on any atom is -0.347 e. The van der Waals surface area contributed by atoms with E-state index in [1.54, 1.807) is 17.7 Å². The van der Waals surface area contributed by atoms with E-state index in [0.29, 0.717) is 0 Å². The van der Waals surface area contributed by atoms with Crippen LogP contribution in [0.25, 0.3) is 10.2 Å². The molecule has 4 rings (SSSR count). The van der Waals surface area contributed by atoms with Crippen molar-refractivity contribution in [2.24, 2.45) is 0 Å². The minimum atomic E-state index is 0.818. The summed E-state index contributed by atoms with van der Waals surface area (Å²) in [4.78, 5) is 12.7. The molecule has 0 amide bonds. The van der Waals surface area contributed by atoms with Gasteiger partial charge in [-0.1, -0.05) is 60.7 Å². The van der Waals surface area contributed by atoms with Gasteiger partial charge >= 0.3 is 0 Å². The Labute approximate surface area is 151 Å². The molecular weight excluding hydrogens is 326 g/mol. The Bertz CT molecular complexity index is 923. The van der Waals surface area contributed by atoms with Crippen molar-refractivity contribution in [3.8, 4) is 0 Å². The molecule has 124 valence electrons. The molecule has 0 unspecified atom stereocenters. The first-order valence-electron chi connectivity index (χ1n) is 8.33. The van der Waals surface area contributed by atoms with E-state index in [1.165, 1.54) is 16.0 Å². The largest absolute Gasteiger partial charge is 0.347 e. The minimum absolute atomic E-state index is 0.818. The zero-order valence-corrected chi connectivity index (χ0v) is 14.9. The fraction of sp³-hybridized carbons (Fsp3) is 0.143. The van der Waals surface area contributed by atoms with Gasteiger partial charge in [0.25, 0.3) is 0 Å². The molecule has 0 bridgehead atoms. The number of thiophene rings is 1. The molecule has 0 N–H and O–H groups in total. The Morgan fingerprint density at radius 3 is 2.04 bits per heavy atom. The summed E-state index contributed by atoms with van der Waals surface area (Å²) in [5.41, 5.74) is 3.58. The lowest BCUT2D eigenvalue weighted by Gasteiger charge is -2.24. The summed E-state index contributed by atoms with van der Waals surface area (Å²) < 4.78 is 1.16. The van der Waals surface area contributed by atoms with Crippen LogP contribution in [0.4, 0.5) is 5.82 Å². The third kappa shape index (κ3) is 3.54. The molecule has 2 aromatic heterocycles. The zero-order valence-electron chi connectivity index (χ0n) is 14.1. The number of benzene rings is 2. The number of aromatic nitrogens is 2. The van der Waals surface area contributed by atoms with E-state index >= 15 is 0 Å². The van der Waals surface area contributed by atoms with Gasteiger partial charge in [0.1, 0.15) is 6.33 Å². The van der Waals surface area contributed by atoms with E-state index in [4.69, 9.17) is 0 Å². The van der Waals surface area contributed by atoms with Gasteiger partial charge in [-0.3, -0.25) is 0 Å². The lowest BCUT2D eigenvalue weighted by atomic mass is 10.1. The zero-order chi connectivity index (χ0) is 17.1. The van der Waals surface area contributed by atoms with E-state index in [-0.39, 0.29) is 0 Å². The highest BCUT2D eigenvalue weighted by atomic mass is 32.1. The average Bonchev–Trinajstić information content (AvgIpc) is 3.03. The Morgan fingerprint density at radius 2 is 1.44 bits per heavy atom. The second-order valence-corrected chi connectivity index (χ2v) is 7.35. The maximum atomic E-state index is 4.64. The highest BCUT2D eigenvalue weighted by molar-refractivity contribution is 7.19. The molecule has 0 aliphatic heterocycles. The monoisotopic (exact) mass is 345 g/mol. The summed E-state index contributed by atoms with van der Waals surface area (Å²) in [5, 5.41) is 0. The lowest BCUT2D eigenvalue weighted by molar-refractivity contribution is 0.787. The summed E-state index contributed by atoms with van der Waals surface area (Å²) in [5.74, 6) is 1.01. The first-order valence-corrected chi connectivity index (χ1v) is 9.15. The van der Waals surface area contributed by atoms with Crippen molar-refractivity contribution in [3.05, 3.63) is 89.1 Å². The predicted octanol–water partition coefficient (Wildman–Crippen LogP) is 5.21. The average molecular weight is 345 g/mol. The predicted molar refractivity (Wildman–Crippen MR) is 105 cm³/mol. The topological polar surface area (TPSA) is 29.0 Å². The van der Waals surface area contributed by atoms with Gasteiger partial charge < -0.3 is 4.90 Å². The van der Waals surface area contributed by atoms with Crippen molar-refractivity contribution in [1.82, 2.24) is 9.97 Å². The standard InChI is InChI=1S/C21H19N3S/c1-16-12-19-20(25-16)21(23-15-22-19)24(13-17-8-4-2-5-9-17)14-18-10-6-3-7-11-18/h2-12,15H,13-14H2,1H3. The molecular formula is C21H19N3S. The Hall–Kier alpha value is -2.72. The van der Waals surface area contributed by atoms with Crippen molar-refractivity contribution in [1.29, 1.82) is 0 Å². The first kappa shape index (κ1) is 15.8. The van der Waals surface area contributed by atoms with E-state index in [0.717, 1.165) is 29.1 Å². The third-order valence-electron chi connectivity index (χ3n) is 4.15. The van der Waals surface area contributed by atoms with Gasteiger partial charge in [0.15, 0.2) is 5.82 Å². The molecule has 2 heterocycles. The smallest absolute Gasteiger partial charge is 0.150 e. The molecule has 0 atom stereocenters. The van der Waals surface area contributed by atoms with Crippen molar-refractivity contribution >= 4 is 27.4 Å². The highest BCUT2D eigenvalue weighted by Crippen LogP contribution is 2.32. The Kier molecular flexibility index (Phi) is 4.44. The Morgan fingerprint density at radius 1 is 0.840 bits per heavy atom. The van der Waals surface area contributed by atoms with Crippen molar-refractivity contribution in [3.63, 3.8) is 0 Å². The summed E-state index contributed by atoms with van der Waals surface area (Å²) in [6.07, 6.45) is 1.67. The maximum Gasteiger partial charge on any atom is 0.150 e. The second-order valence-electron chi connectivity index (χ2n) is 6.10. The highest BCUT2D eigenvalue weighted by Gasteiger charge is 2.15. The summed E-state index contributed by atoms with van der Waals surface area (Å²) in [6, 6.07) is 23.2. The molecule has 3 nitrogen and oxygen atoms in total. The van der Waals surface area contributed by atoms with Gasteiger partial charge in [-0.05, 0) is 24.1 Å². The van der Waals surface area contributed by atoms with Crippen LogP contribution in [-0.4, -0.2) is 9.97 Å². The molecule has 4 heteroatoms. The molecule has 0 fully saturated rings. The van der Waals surface area contributed by atoms with Crippen LogP contribution < -0.4 is 4.90 Å². The van der Waals surface area contributed by atoms with Crippen LogP contribution in [-0.2, 0) is 13.1 Å². The van der Waals surface area contributed by atoms with Gasteiger partial charge in [-0.2, -0.15) is 0 Å². The number of nitrogens with zero attached hydrogens (tertiary/aromatic N) is 3. The number of anilines is 1. The summed E-state index contributed by atoms with van der Waals surface area (Å²) >= 11 is 1.76. The first-order chi connectivity index (χ1) is 12.3. The number of aryl methyl sites for hydroxylation is 1. The molecule has 0 radical (unpaired) electrons. The fourth-order valence-corrected chi connectivity index (χ4v) is 3.98. The van der Waals surface area contributed by atoms with Crippen molar-refractivity contribution < 1.29 is 0 Å². The number of fused-ring (bicyclic) bond motifs is 1. The molecule has 0 saturated carbocycles. The molecule has 2 aromatic carbocycles. The van der Waals surface area contributed by atoms with Crippen LogP contribution in [0.15, 0.2) is 73.1 Å². The van der Waals surface area contributed by atoms with Gasteiger partial charge in [-0.25, -0.2) is 9.97 Å². The summed E-state index contributed by atoms with van der Waals surface area (Å²) in [7, 11) is 0. The molecule has 0 spiro atoms. The van der Waals surface area contributed by atoms with E-state index in [9.17, 15) is 0 Å². The van der Waals surface area contributed by atoms with Crippen LogP contribution in [0.3, 0.4) is 0 Å². The molecule has 0 saturated heterocycles. The van der Waals surface area contributed by atoms with Gasteiger partial charge in [0, 0.05) is 18.0 Å². The molecule has 4 aromatic rings. The van der Waals surface area contributed by atoms with Gasteiger partial charge in [0.2, 0.25) is 0 Å². The van der Waals surface area contributed by atoms with Crippen molar-refractivity contribution in [2.45, 2.75) is 20.0 Å². The normalized spacial score (nSPS) is 10.9. The quantitative estimate of drug-likeness (QED) is 0.497. The summed E-state index contributed by atoms with van der Waals surface area (Å²) in [6.45, 7) is 3.76. The van der Waals surface area contributed by atoms with Crippen LogP contribution >= 0.6 is 11.3 Å². The van der Waals surface area contributed by atoms with Crippen LogP contribution in [0.5, 0.6) is 0 Å². The van der Waals surface area contributed by atoms with Gasteiger partial charge in [0.05, 0.1) is 10.2 Å². The van der Waals surface area contributed by atoms with Crippen LogP contribution in [0.1, 0.15) is 16.0 Å². The number of hydrogen-bond acceptors (Lipinski definition) is 4. The molecule has 25 heavy (non-hydrogen) atoms. The SMILES string of the molecule is Cc1cc2ncnc(N(Cc3ccccc3)Cc3ccccc3)c2s1. The van der Waals surface area contributed by atoms with Crippen LogP contribution in [0.2, 0.25) is 0 Å². The number of rotatable bonds is 5. The number of hydrogen-bond donors (Lipinski definition) is 0. The van der Waals surface area contributed by atoms with E-state index < -0.39 is 0 Å². The van der Waals surface area contributed by atoms with E-state index in [2.05, 4.69) is 88.5 Å². The van der Waals surface area contributed by atoms with Crippen LogP contribution in [0, 0.1) is 6.92 Å². The van der Waals surface area contributed by atoms with Crippen molar-refractivity contribution in [2.75, 3.05) is 4.90 Å².